The van der Waals surface area contributed by atoms with E-state index in [0.29, 0.717) is 89.9 Å². The van der Waals surface area contributed by atoms with Gasteiger partial charge in [0.05, 0.1) is 46.4 Å². The summed E-state index contributed by atoms with van der Waals surface area (Å²) in [6.45, 7) is 43.6. The van der Waals surface area contributed by atoms with Crippen LogP contribution in [-0.4, -0.2) is 202 Å². The van der Waals surface area contributed by atoms with Gasteiger partial charge in [-0.3, -0.25) is 14.4 Å². The molecule has 0 heterocycles. The van der Waals surface area contributed by atoms with Gasteiger partial charge in [-0.15, -0.1) is 0 Å². The van der Waals surface area contributed by atoms with E-state index in [9.17, 15) is 38.4 Å². The second-order valence-electron chi connectivity index (χ2n) is 30.8. The molecule has 0 aliphatic heterocycles. The van der Waals surface area contributed by atoms with E-state index in [1.54, 1.807) is 23.8 Å². The molecule has 9 rings (SSSR count). The van der Waals surface area contributed by atoms with Gasteiger partial charge >= 0.3 is 30.5 Å². The minimum Gasteiger partial charge on any atom is -0.497 e. The molecule has 6 aromatic rings. The van der Waals surface area contributed by atoms with E-state index in [1.165, 1.54) is 68.2 Å². The maximum Gasteiger partial charge on any atom is 0.409 e. The number of hydrogen-bond donors (Lipinski definition) is 4. The van der Waals surface area contributed by atoms with Crippen molar-refractivity contribution < 1.29 is 66.8 Å². The Balaban J connectivity index is -0.000000185. The Kier molecular flexibility index (Phi) is 95.3. The van der Waals surface area contributed by atoms with Crippen molar-refractivity contribution in [3.05, 3.63) is 209 Å². The average molecular weight is 1850 g/mol. The zero-order valence-electron chi connectivity index (χ0n) is 78.3. The Hall–Kier alpha value is -10.2. The van der Waals surface area contributed by atoms with Gasteiger partial charge < -0.3 is 74.2 Å². The standard InChI is InChI=1S/C16H25NO2.C15H21NO2.C14H21NO2.C14H21NO.C13H19NO2.C10H13NO2.C6H13NO2.C6H11NO.C6H13N.9CH4/c1-4-19-16(18)17(12-10-14(2)3)13-11-15-8-6-5-7-9-15;1-3-10-16(13-6-7-13)15(17)11-12-4-8-14(18-2)9-5-12;1-3-11-15(14(16)17-4-2)12-10-13-8-6-5-7-9-13;1-4-10-15(12(2)3)14(16)11-13-8-6-5-7-9-13;1-3-14(13(15)16-4-2)11-10-12-8-6-5-7-9-12;1-2-11-10(12)13-8-9-6-4-3-5-7-9;1-4-9-6(8)7-5(2)3;1-2-6(8)7-5-3-4-5;1-2-5-7-6-3-4-6;;;;;;;;;/h5-9,14H,4,10-13H2,1-3H3;4-5,8-9,13H,3,6-7,10-11H2,1-2H3;5-9H,3-4,10-12H2,1-2H3;5-9,12H,4,10-11H2,1-3H3;5-9H,3-4,10-11H2,1-2H3;3-7H,2,8H2,1H3,(H,11,12);5H,4H2,1-3H3,(H,7,8);5H,2-4H2,1H3,(H,7,8);6-7H,2-5H2,1H3;9*1H4. The van der Waals surface area contributed by atoms with Crippen molar-refractivity contribution in [3.8, 4) is 5.75 Å². The summed E-state index contributed by atoms with van der Waals surface area (Å²) >= 11 is 0. The van der Waals surface area contributed by atoms with E-state index >= 15 is 0 Å². The van der Waals surface area contributed by atoms with Gasteiger partial charge in [-0.25, -0.2) is 24.0 Å². The molecule has 3 aliphatic carbocycles. The lowest BCUT2D eigenvalue weighted by Gasteiger charge is -2.26. The number of alkyl carbamates (subject to hydrolysis) is 2. The molecular weight excluding hydrogens is 1660 g/mol. The number of benzene rings is 6. The molecule has 0 spiro atoms. The highest BCUT2D eigenvalue weighted by molar-refractivity contribution is 5.80. The Morgan fingerprint density at radius 2 is 0.773 bits per heavy atom. The van der Waals surface area contributed by atoms with Gasteiger partial charge in [0.25, 0.3) is 0 Å². The van der Waals surface area contributed by atoms with E-state index in [-0.39, 0.29) is 127 Å². The molecular formula is C109H193N9O14. The van der Waals surface area contributed by atoms with Crippen LogP contribution in [0.3, 0.4) is 0 Å². The zero-order valence-corrected chi connectivity index (χ0v) is 78.3. The molecule has 0 bridgehead atoms. The quantitative estimate of drug-likeness (QED) is 0.0262. The molecule has 3 fully saturated rings. The van der Waals surface area contributed by atoms with E-state index in [4.69, 9.17) is 23.7 Å². The number of likely N-dealkylation sites (N-methyl/N-ethyl adjacent to an activating group) is 1. The van der Waals surface area contributed by atoms with Gasteiger partial charge in [0.1, 0.15) is 12.4 Å². The number of rotatable bonds is 39. The first-order valence-electron chi connectivity index (χ1n) is 45.4. The molecule has 6 aromatic carbocycles. The first-order valence-corrected chi connectivity index (χ1v) is 45.4. The molecule has 0 radical (unpaired) electrons. The summed E-state index contributed by atoms with van der Waals surface area (Å²) in [6, 6.07) is 60.2. The number of methoxy groups -OCH3 is 1. The number of carbonyl (C=O) groups is 8. The molecule has 8 amide bonds. The van der Waals surface area contributed by atoms with Crippen molar-refractivity contribution in [1.82, 2.24) is 45.8 Å². The fraction of sp³-hybridized carbons (Fsp3) is 0.596. The van der Waals surface area contributed by atoms with E-state index in [2.05, 4.69) is 118 Å². The first kappa shape index (κ1) is 140. The number of hydrogen-bond acceptors (Lipinski definition) is 15. The van der Waals surface area contributed by atoms with Crippen molar-refractivity contribution in [2.45, 2.75) is 331 Å². The normalized spacial score (nSPS) is 10.9. The molecule has 758 valence electrons. The number of ether oxygens (including phenoxy) is 6. The van der Waals surface area contributed by atoms with Crippen molar-refractivity contribution in [2.24, 2.45) is 5.92 Å². The number of nitrogens with one attached hydrogen (secondary N) is 4. The van der Waals surface area contributed by atoms with Crippen LogP contribution in [0, 0.1) is 5.92 Å². The van der Waals surface area contributed by atoms with Crippen molar-refractivity contribution in [1.29, 1.82) is 0 Å². The maximum absolute atomic E-state index is 12.2. The summed E-state index contributed by atoms with van der Waals surface area (Å²) in [5, 5.41) is 11.4. The van der Waals surface area contributed by atoms with Crippen LogP contribution in [-0.2, 0) is 76.8 Å². The second-order valence-corrected chi connectivity index (χ2v) is 30.8. The molecule has 3 aliphatic rings. The maximum atomic E-state index is 12.2. The summed E-state index contributed by atoms with van der Waals surface area (Å²) in [7, 11) is 1.65. The van der Waals surface area contributed by atoms with Crippen molar-refractivity contribution in [2.75, 3.05) is 99.0 Å². The third-order valence-electron chi connectivity index (χ3n) is 18.6. The molecule has 0 saturated heterocycles. The molecule has 23 nitrogen and oxygen atoms in total. The number of carbonyl (C=O) groups excluding carboxylic acids is 8. The molecule has 23 heteroatoms. The highest BCUT2D eigenvalue weighted by Gasteiger charge is 2.32. The fourth-order valence-electron chi connectivity index (χ4n) is 11.5. The summed E-state index contributed by atoms with van der Waals surface area (Å²) < 4.78 is 29.7. The van der Waals surface area contributed by atoms with Crippen LogP contribution in [0.15, 0.2) is 176 Å². The summed E-state index contributed by atoms with van der Waals surface area (Å²) in [5.74, 6) is 2.09. The smallest absolute Gasteiger partial charge is 0.409 e. The van der Waals surface area contributed by atoms with Gasteiger partial charge in [-0.05, 0) is 217 Å². The minimum atomic E-state index is -0.369. The molecule has 3 saturated carbocycles. The predicted molar refractivity (Wildman–Crippen MR) is 560 cm³/mol. The van der Waals surface area contributed by atoms with Crippen molar-refractivity contribution in [3.63, 3.8) is 0 Å². The molecule has 0 atom stereocenters. The Morgan fingerprint density at radius 1 is 0.386 bits per heavy atom. The van der Waals surface area contributed by atoms with Crippen LogP contribution in [0.1, 0.15) is 295 Å². The SMILES string of the molecule is C.C.C.C.C.C.C.C.C.CCC(=O)NC1CC1.CCCN(C(=O)Cc1ccc(OC)cc1)C1CC1.CCCN(C(=O)Cc1ccccc1)C(C)C.CCCN(CCc1ccccc1)C(=O)OCC.CCCNC1CC1.CCNC(=O)OCc1ccccc1.CCOC(=O)N(CC)CCc1ccccc1.CCOC(=O)N(CCc1ccccc1)CCC(C)C.CCOC(=O)NC(C)C. The van der Waals surface area contributed by atoms with Crippen LogP contribution in [0.25, 0.3) is 0 Å². The van der Waals surface area contributed by atoms with E-state index in [0.717, 1.165) is 113 Å². The van der Waals surface area contributed by atoms with Crippen LogP contribution >= 0.6 is 0 Å². The fourth-order valence-corrected chi connectivity index (χ4v) is 11.5. The van der Waals surface area contributed by atoms with Crippen LogP contribution in [0.2, 0.25) is 0 Å². The third-order valence-corrected chi connectivity index (χ3v) is 18.6. The van der Waals surface area contributed by atoms with Crippen LogP contribution in [0.5, 0.6) is 5.75 Å². The van der Waals surface area contributed by atoms with Gasteiger partial charge in [0, 0.05) is 95.5 Å². The van der Waals surface area contributed by atoms with Crippen molar-refractivity contribution >= 4 is 48.2 Å². The first-order chi connectivity index (χ1) is 59.3. The molecule has 0 unspecified atom stereocenters. The Bertz CT molecular complexity index is 3650. The number of nitrogens with zero attached hydrogens (tertiary/aromatic N) is 5. The highest BCUT2D eigenvalue weighted by Crippen LogP contribution is 2.28. The van der Waals surface area contributed by atoms with Gasteiger partial charge in [0.15, 0.2) is 0 Å². The largest absolute Gasteiger partial charge is 0.497 e. The molecule has 0 aromatic heterocycles. The lowest BCUT2D eigenvalue weighted by atomic mass is 10.1. The van der Waals surface area contributed by atoms with Gasteiger partial charge in [0.2, 0.25) is 17.7 Å². The Labute approximate surface area is 806 Å². The Morgan fingerprint density at radius 3 is 1.12 bits per heavy atom. The molecule has 4 N–H and O–H groups in total. The summed E-state index contributed by atoms with van der Waals surface area (Å²) in [6.07, 6.45) is 15.8. The molecule has 132 heavy (non-hydrogen) atoms. The number of amides is 8. The minimum absolute atomic E-state index is 0. The van der Waals surface area contributed by atoms with Crippen LogP contribution < -0.4 is 26.0 Å². The zero-order chi connectivity index (χ0) is 91.2. The third kappa shape index (κ3) is 73.4. The van der Waals surface area contributed by atoms with Crippen LogP contribution in [0.4, 0.5) is 24.0 Å². The predicted octanol–water partition coefficient (Wildman–Crippen LogP) is 25.7. The lowest BCUT2D eigenvalue weighted by molar-refractivity contribution is -0.132. The van der Waals surface area contributed by atoms with Gasteiger partial charge in [-0.1, -0.05) is 279 Å². The summed E-state index contributed by atoms with van der Waals surface area (Å²) in [4.78, 5) is 101. The summed E-state index contributed by atoms with van der Waals surface area (Å²) in [5.41, 5.74) is 6.88. The monoisotopic (exact) mass is 1850 g/mol. The van der Waals surface area contributed by atoms with E-state index < -0.39 is 0 Å². The average Bonchev–Trinajstić information content (AvgIpc) is 1.71. The second kappa shape index (κ2) is 90.0. The topological polar surface area (TPSA) is 256 Å². The lowest BCUT2D eigenvalue weighted by Crippen LogP contribution is -2.38. The van der Waals surface area contributed by atoms with Gasteiger partial charge in [-0.2, -0.15) is 0 Å². The highest BCUT2D eigenvalue weighted by atomic mass is 16.6. The van der Waals surface area contributed by atoms with E-state index in [1.807, 2.05) is 210 Å².